The first-order chi connectivity index (χ1) is 17.8. The van der Waals surface area contributed by atoms with Crippen molar-refractivity contribution in [2.45, 2.75) is 33.3 Å². The van der Waals surface area contributed by atoms with Crippen LogP contribution in [0.25, 0.3) is 6.08 Å². The van der Waals surface area contributed by atoms with Gasteiger partial charge in [-0.05, 0) is 83.2 Å². The molecule has 2 saturated heterocycles. The van der Waals surface area contributed by atoms with Crippen LogP contribution in [0.15, 0.2) is 45.8 Å². The van der Waals surface area contributed by atoms with Gasteiger partial charge in [0.25, 0.3) is 11.1 Å². The van der Waals surface area contributed by atoms with Crippen LogP contribution in [0.4, 0.5) is 9.18 Å². The maximum Gasteiger partial charge on any atom is 0.294 e. The van der Waals surface area contributed by atoms with E-state index in [9.17, 15) is 18.8 Å². The van der Waals surface area contributed by atoms with Gasteiger partial charge in [-0.3, -0.25) is 19.3 Å². The molecule has 0 atom stereocenters. The molecule has 2 aromatic rings. The van der Waals surface area contributed by atoms with Gasteiger partial charge in [-0.2, -0.15) is 0 Å². The number of hydrogen-bond donors (Lipinski definition) is 0. The van der Waals surface area contributed by atoms with E-state index in [0.717, 1.165) is 29.5 Å². The van der Waals surface area contributed by atoms with Crippen LogP contribution in [-0.4, -0.2) is 53.1 Å². The number of amides is 3. The first kappa shape index (κ1) is 27.2. The molecular formula is C27H28BrFN2O5S. The second-order valence-corrected chi connectivity index (χ2v) is 10.8. The van der Waals surface area contributed by atoms with Gasteiger partial charge in [-0.15, -0.1) is 0 Å². The Hall–Kier alpha value is -2.85. The van der Waals surface area contributed by atoms with E-state index >= 15 is 0 Å². The molecule has 2 aliphatic heterocycles. The maximum atomic E-state index is 14.0. The Bertz CT molecular complexity index is 1230. The van der Waals surface area contributed by atoms with Crippen molar-refractivity contribution in [1.29, 1.82) is 0 Å². The molecule has 0 bridgehead atoms. The van der Waals surface area contributed by atoms with Crippen LogP contribution in [0.3, 0.4) is 0 Å². The van der Waals surface area contributed by atoms with Crippen LogP contribution in [0.2, 0.25) is 0 Å². The van der Waals surface area contributed by atoms with E-state index in [4.69, 9.17) is 9.47 Å². The van der Waals surface area contributed by atoms with Crippen molar-refractivity contribution in [3.8, 4) is 11.5 Å². The summed E-state index contributed by atoms with van der Waals surface area (Å²) in [5.41, 5.74) is 1.01. The molecule has 2 aromatic carbocycles. The monoisotopic (exact) mass is 590 g/mol. The highest BCUT2D eigenvalue weighted by atomic mass is 79.9. The summed E-state index contributed by atoms with van der Waals surface area (Å²) in [7, 11) is 0. The normalized spacial score (nSPS) is 17.6. The second-order valence-electron chi connectivity index (χ2n) is 8.97. The Balaban J connectivity index is 1.49. The largest absolute Gasteiger partial charge is 0.490 e. The zero-order valence-corrected chi connectivity index (χ0v) is 23.1. The van der Waals surface area contributed by atoms with Crippen molar-refractivity contribution in [2.75, 3.05) is 26.2 Å². The van der Waals surface area contributed by atoms with Crippen molar-refractivity contribution in [2.24, 2.45) is 5.92 Å². The zero-order chi connectivity index (χ0) is 26.5. The molecule has 7 nitrogen and oxygen atoms in total. The molecule has 37 heavy (non-hydrogen) atoms. The quantitative estimate of drug-likeness (QED) is 0.358. The number of benzene rings is 2. The molecule has 0 aliphatic carbocycles. The number of ether oxygens (including phenoxy) is 2. The average molecular weight is 591 g/mol. The van der Waals surface area contributed by atoms with Crippen molar-refractivity contribution in [3.05, 3.63) is 62.7 Å². The van der Waals surface area contributed by atoms with Gasteiger partial charge in [0, 0.05) is 18.7 Å². The Morgan fingerprint density at radius 1 is 1.19 bits per heavy atom. The number of carbonyl (C=O) groups is 3. The molecule has 2 fully saturated rings. The minimum atomic E-state index is -0.498. The lowest BCUT2D eigenvalue weighted by Gasteiger charge is -2.31. The molecule has 3 amide bonds. The zero-order valence-electron chi connectivity index (χ0n) is 20.7. The average Bonchev–Trinajstić information content (AvgIpc) is 3.12. The fraction of sp³-hybridized carbons (Fsp3) is 0.370. The van der Waals surface area contributed by atoms with E-state index in [1.54, 1.807) is 41.3 Å². The predicted octanol–water partition coefficient (Wildman–Crippen LogP) is 5.86. The van der Waals surface area contributed by atoms with Crippen molar-refractivity contribution < 1.29 is 28.2 Å². The molecule has 10 heteroatoms. The van der Waals surface area contributed by atoms with Crippen LogP contribution in [0, 0.1) is 11.7 Å². The summed E-state index contributed by atoms with van der Waals surface area (Å²) in [6.45, 7) is 5.38. The van der Waals surface area contributed by atoms with Crippen molar-refractivity contribution >= 4 is 50.8 Å². The van der Waals surface area contributed by atoms with Gasteiger partial charge < -0.3 is 14.4 Å². The second kappa shape index (κ2) is 12.1. The third-order valence-electron chi connectivity index (χ3n) is 6.26. The fourth-order valence-corrected chi connectivity index (χ4v) is 5.53. The Labute approximate surface area is 228 Å². The first-order valence-electron chi connectivity index (χ1n) is 12.1. The van der Waals surface area contributed by atoms with E-state index in [1.807, 2.05) is 6.92 Å². The van der Waals surface area contributed by atoms with Crippen LogP contribution in [-0.2, 0) is 16.2 Å². The highest BCUT2D eigenvalue weighted by molar-refractivity contribution is 9.10. The summed E-state index contributed by atoms with van der Waals surface area (Å²) in [6.07, 6.45) is 3.43. The summed E-state index contributed by atoms with van der Waals surface area (Å²) in [6, 6.07) is 9.78. The van der Waals surface area contributed by atoms with Gasteiger partial charge in [-0.25, -0.2) is 4.39 Å². The molecule has 0 saturated carbocycles. The third kappa shape index (κ3) is 6.54. The number of imide groups is 1. The van der Waals surface area contributed by atoms with Crippen LogP contribution in [0.5, 0.6) is 11.5 Å². The summed E-state index contributed by atoms with van der Waals surface area (Å²) in [5, 5.41) is -0.469. The molecule has 196 valence electrons. The van der Waals surface area contributed by atoms with Crippen LogP contribution < -0.4 is 9.47 Å². The lowest BCUT2D eigenvalue weighted by Crippen LogP contribution is -2.45. The number of halogens is 2. The Morgan fingerprint density at radius 2 is 1.92 bits per heavy atom. The molecule has 0 aromatic heterocycles. The Morgan fingerprint density at radius 3 is 2.62 bits per heavy atom. The summed E-state index contributed by atoms with van der Waals surface area (Å²) >= 11 is 4.28. The SMILES string of the molecule is CCOc1cc(/C=C2\SC(=O)N(CC(=O)N3CCC(C)CC3)C2=O)cc(Br)c1OCc1ccccc1F. The van der Waals surface area contributed by atoms with Crippen molar-refractivity contribution in [1.82, 2.24) is 9.80 Å². The van der Waals surface area contributed by atoms with Gasteiger partial charge in [0.15, 0.2) is 11.5 Å². The van der Waals surface area contributed by atoms with E-state index in [1.165, 1.54) is 6.07 Å². The van der Waals surface area contributed by atoms with E-state index in [2.05, 4.69) is 22.9 Å². The maximum absolute atomic E-state index is 14.0. The van der Waals surface area contributed by atoms with E-state index < -0.39 is 11.1 Å². The minimum Gasteiger partial charge on any atom is -0.490 e. The number of hydrogen-bond acceptors (Lipinski definition) is 6. The van der Waals surface area contributed by atoms with Crippen LogP contribution in [0.1, 0.15) is 37.8 Å². The molecule has 0 spiro atoms. The molecule has 2 aliphatic rings. The number of nitrogens with zero attached hydrogens (tertiary/aromatic N) is 2. The summed E-state index contributed by atoms with van der Waals surface area (Å²) in [4.78, 5) is 41.2. The lowest BCUT2D eigenvalue weighted by atomic mass is 9.99. The fourth-order valence-electron chi connectivity index (χ4n) is 4.12. The number of carbonyl (C=O) groups excluding carboxylic acids is 3. The standard InChI is InChI=1S/C27H28BrFN2O5S/c1-3-35-22-13-18(12-20(28)25(22)36-16-19-6-4-5-7-21(19)29)14-23-26(33)31(27(34)37-23)15-24(32)30-10-8-17(2)9-11-30/h4-7,12-14,17H,3,8-11,15-16H2,1-2H3/b23-14-. The number of rotatable bonds is 8. The molecule has 0 unspecified atom stereocenters. The highest BCUT2D eigenvalue weighted by Crippen LogP contribution is 2.40. The first-order valence-corrected chi connectivity index (χ1v) is 13.7. The number of piperidine rings is 1. The van der Waals surface area contributed by atoms with Crippen molar-refractivity contribution in [3.63, 3.8) is 0 Å². The highest BCUT2D eigenvalue weighted by Gasteiger charge is 2.37. The van der Waals surface area contributed by atoms with E-state index in [0.29, 0.717) is 52.7 Å². The molecule has 2 heterocycles. The van der Waals surface area contributed by atoms with Gasteiger partial charge in [0.2, 0.25) is 5.91 Å². The van der Waals surface area contributed by atoms with Gasteiger partial charge in [0.1, 0.15) is 19.0 Å². The number of thioether (sulfide) groups is 1. The minimum absolute atomic E-state index is 0.00748. The smallest absolute Gasteiger partial charge is 0.294 e. The third-order valence-corrected chi connectivity index (χ3v) is 7.76. The lowest BCUT2D eigenvalue weighted by molar-refractivity contribution is -0.136. The number of likely N-dealkylation sites (tertiary alicyclic amines) is 1. The van der Waals surface area contributed by atoms with E-state index in [-0.39, 0.29) is 29.8 Å². The van der Waals surface area contributed by atoms with Gasteiger partial charge in [0.05, 0.1) is 16.0 Å². The molecule has 4 rings (SSSR count). The van der Waals surface area contributed by atoms with Crippen LogP contribution >= 0.6 is 27.7 Å². The van der Waals surface area contributed by atoms with Gasteiger partial charge in [-0.1, -0.05) is 25.1 Å². The Kier molecular flexibility index (Phi) is 8.91. The predicted molar refractivity (Wildman–Crippen MR) is 144 cm³/mol. The molecular weight excluding hydrogens is 563 g/mol. The molecule has 0 N–H and O–H groups in total. The topological polar surface area (TPSA) is 76.2 Å². The van der Waals surface area contributed by atoms with Gasteiger partial charge >= 0.3 is 0 Å². The summed E-state index contributed by atoms with van der Waals surface area (Å²) < 4.78 is 26.2. The summed E-state index contributed by atoms with van der Waals surface area (Å²) in [5.74, 6) is 0.305. The molecule has 0 radical (unpaired) electrons.